The van der Waals surface area contributed by atoms with E-state index in [9.17, 15) is 4.79 Å². The first-order valence-electron chi connectivity index (χ1n) is 6.65. The lowest BCUT2D eigenvalue weighted by molar-refractivity contribution is -0.139. The fourth-order valence-electron chi connectivity index (χ4n) is 2.61. The summed E-state index contributed by atoms with van der Waals surface area (Å²) in [5.41, 5.74) is 2.91. The van der Waals surface area contributed by atoms with Crippen molar-refractivity contribution < 1.29 is 9.53 Å². The summed E-state index contributed by atoms with van der Waals surface area (Å²) in [6.07, 6.45) is -0.362. The molecule has 2 atom stereocenters. The number of hydrogen-bond donors (Lipinski definition) is 0. The van der Waals surface area contributed by atoms with Crippen LogP contribution in [0.2, 0.25) is 0 Å². The Hall–Kier alpha value is -2.86. The van der Waals surface area contributed by atoms with Crippen molar-refractivity contribution >= 4 is 5.97 Å². The van der Waals surface area contributed by atoms with Crippen molar-refractivity contribution in [3.8, 4) is 6.07 Å². The summed E-state index contributed by atoms with van der Waals surface area (Å²) in [6, 6.07) is 18.9. The summed E-state index contributed by atoms with van der Waals surface area (Å²) in [5.74, 6) is -0.578. The first-order valence-corrected chi connectivity index (χ1v) is 6.65. The number of ether oxygens (including phenoxy) is 1. The van der Waals surface area contributed by atoms with E-state index >= 15 is 0 Å². The van der Waals surface area contributed by atoms with Crippen LogP contribution in [0.3, 0.4) is 0 Å². The summed E-state index contributed by atoms with van der Waals surface area (Å²) in [4.78, 5) is 11.9. The van der Waals surface area contributed by atoms with Crippen LogP contribution in [0.15, 0.2) is 66.7 Å². The second kappa shape index (κ2) is 5.26. The topological polar surface area (TPSA) is 50.1 Å². The Morgan fingerprint density at radius 3 is 2.29 bits per heavy atom. The number of nitriles is 1. The first-order chi connectivity index (χ1) is 10.2. The van der Waals surface area contributed by atoms with Crippen LogP contribution in [-0.4, -0.2) is 5.97 Å². The average molecular weight is 275 g/mol. The maximum atomic E-state index is 11.9. The summed E-state index contributed by atoms with van der Waals surface area (Å²) >= 11 is 0. The number of nitrogens with zero attached hydrogens (tertiary/aromatic N) is 1. The molecule has 0 saturated carbocycles. The van der Waals surface area contributed by atoms with Gasteiger partial charge in [0.25, 0.3) is 0 Å². The van der Waals surface area contributed by atoms with E-state index < -0.39 is 0 Å². The van der Waals surface area contributed by atoms with Gasteiger partial charge in [-0.15, -0.1) is 0 Å². The molecule has 1 fully saturated rings. The van der Waals surface area contributed by atoms with Crippen LogP contribution in [0.4, 0.5) is 0 Å². The van der Waals surface area contributed by atoms with Crippen molar-refractivity contribution in [3.63, 3.8) is 0 Å². The van der Waals surface area contributed by atoms with Crippen LogP contribution >= 0.6 is 0 Å². The fourth-order valence-corrected chi connectivity index (χ4v) is 2.61. The van der Waals surface area contributed by atoms with Crippen LogP contribution in [0, 0.1) is 11.3 Å². The highest BCUT2D eigenvalue weighted by Crippen LogP contribution is 2.44. The molecule has 102 valence electrons. The molecule has 1 heterocycles. The van der Waals surface area contributed by atoms with Crippen molar-refractivity contribution in [2.45, 2.75) is 12.0 Å². The third-order valence-electron chi connectivity index (χ3n) is 3.70. The molecule has 2 aromatic rings. The van der Waals surface area contributed by atoms with Gasteiger partial charge < -0.3 is 4.74 Å². The molecule has 0 aliphatic carbocycles. The summed E-state index contributed by atoms with van der Waals surface area (Å²) in [6.45, 7) is 3.87. The van der Waals surface area contributed by atoms with Gasteiger partial charge in [-0.1, -0.05) is 49.0 Å². The quantitative estimate of drug-likeness (QED) is 0.622. The maximum absolute atomic E-state index is 11.9. The average Bonchev–Trinajstić information content (AvgIpc) is 2.84. The highest BCUT2D eigenvalue weighted by molar-refractivity contribution is 5.92. The van der Waals surface area contributed by atoms with Gasteiger partial charge in [-0.25, -0.2) is 4.79 Å². The molecule has 0 bridgehead atoms. The van der Waals surface area contributed by atoms with Crippen molar-refractivity contribution in [2.75, 3.05) is 0 Å². The molecule has 1 aliphatic heterocycles. The third-order valence-corrected chi connectivity index (χ3v) is 3.70. The minimum absolute atomic E-state index is 0.215. The molecule has 0 amide bonds. The van der Waals surface area contributed by atoms with E-state index in [1.54, 1.807) is 12.1 Å². The van der Waals surface area contributed by atoms with Crippen molar-refractivity contribution in [3.05, 3.63) is 83.4 Å². The van der Waals surface area contributed by atoms with E-state index in [0.29, 0.717) is 11.1 Å². The standard InChI is InChI=1S/C18H13NO2/c1-12-16(14-9-7-13(11-19)8-10-14)17(21-18(12)20)15-5-3-2-4-6-15/h2-10,16-17H,1H2/t16-,17+/m0/s1. The van der Waals surface area contributed by atoms with Crippen molar-refractivity contribution in [1.82, 2.24) is 0 Å². The molecule has 0 aromatic heterocycles. The van der Waals surface area contributed by atoms with Gasteiger partial charge in [0.05, 0.1) is 17.6 Å². The zero-order chi connectivity index (χ0) is 14.8. The van der Waals surface area contributed by atoms with E-state index in [0.717, 1.165) is 11.1 Å². The number of esters is 1. The number of carbonyl (C=O) groups is 1. The van der Waals surface area contributed by atoms with Crippen LogP contribution < -0.4 is 0 Å². The smallest absolute Gasteiger partial charge is 0.334 e. The van der Waals surface area contributed by atoms with Gasteiger partial charge >= 0.3 is 5.97 Å². The zero-order valence-corrected chi connectivity index (χ0v) is 11.3. The van der Waals surface area contributed by atoms with Crippen molar-refractivity contribution in [2.24, 2.45) is 0 Å². The lowest BCUT2D eigenvalue weighted by Gasteiger charge is -2.18. The molecule has 2 aromatic carbocycles. The van der Waals surface area contributed by atoms with E-state index in [1.165, 1.54) is 0 Å². The van der Waals surface area contributed by atoms with Gasteiger partial charge in [-0.05, 0) is 23.3 Å². The predicted molar refractivity (Wildman–Crippen MR) is 78.3 cm³/mol. The SMILES string of the molecule is C=C1C(=O)O[C@H](c2ccccc2)[C@@H]1c1ccc(C#N)cc1. The fraction of sp³-hybridized carbons (Fsp3) is 0.111. The molecule has 0 spiro atoms. The molecular formula is C18H13NO2. The lowest BCUT2D eigenvalue weighted by Crippen LogP contribution is -2.07. The Morgan fingerprint density at radius 1 is 1.00 bits per heavy atom. The summed E-state index contributed by atoms with van der Waals surface area (Å²) < 4.78 is 5.48. The molecule has 3 nitrogen and oxygen atoms in total. The van der Waals surface area contributed by atoms with Gasteiger partial charge in [-0.3, -0.25) is 0 Å². The molecule has 1 aliphatic rings. The molecular weight excluding hydrogens is 262 g/mol. The summed E-state index contributed by atoms with van der Waals surface area (Å²) in [5, 5.41) is 8.87. The van der Waals surface area contributed by atoms with E-state index in [1.807, 2.05) is 42.5 Å². The first kappa shape index (κ1) is 13.1. The van der Waals surface area contributed by atoms with E-state index in [-0.39, 0.29) is 18.0 Å². The van der Waals surface area contributed by atoms with Gasteiger partial charge in [0, 0.05) is 5.57 Å². The van der Waals surface area contributed by atoms with E-state index in [4.69, 9.17) is 10.00 Å². The Morgan fingerprint density at radius 2 is 1.67 bits per heavy atom. The minimum Gasteiger partial charge on any atom is -0.453 e. The molecule has 3 heteroatoms. The molecule has 21 heavy (non-hydrogen) atoms. The second-order valence-corrected chi connectivity index (χ2v) is 4.97. The zero-order valence-electron chi connectivity index (χ0n) is 11.3. The van der Waals surface area contributed by atoms with Gasteiger partial charge in [0.2, 0.25) is 0 Å². The normalized spacial score (nSPS) is 20.9. The molecule has 3 rings (SSSR count). The van der Waals surface area contributed by atoms with E-state index in [2.05, 4.69) is 12.6 Å². The predicted octanol–water partition coefficient (Wildman–Crippen LogP) is 3.50. The molecule has 0 radical (unpaired) electrons. The number of cyclic esters (lactones) is 1. The number of rotatable bonds is 2. The highest BCUT2D eigenvalue weighted by atomic mass is 16.6. The number of carbonyl (C=O) groups excluding carboxylic acids is 1. The van der Waals surface area contributed by atoms with Crippen molar-refractivity contribution in [1.29, 1.82) is 5.26 Å². The second-order valence-electron chi connectivity index (χ2n) is 4.97. The monoisotopic (exact) mass is 275 g/mol. The third kappa shape index (κ3) is 2.32. The summed E-state index contributed by atoms with van der Waals surface area (Å²) in [7, 11) is 0. The maximum Gasteiger partial charge on any atom is 0.334 e. The largest absolute Gasteiger partial charge is 0.453 e. The minimum atomic E-state index is -0.363. The Balaban J connectivity index is 2.02. The Labute approximate surface area is 123 Å². The van der Waals surface area contributed by atoms with Crippen LogP contribution in [0.25, 0.3) is 0 Å². The van der Waals surface area contributed by atoms with Crippen LogP contribution in [-0.2, 0) is 9.53 Å². The van der Waals surface area contributed by atoms with Gasteiger partial charge in [0.1, 0.15) is 6.10 Å². The van der Waals surface area contributed by atoms with Crippen LogP contribution in [0.5, 0.6) is 0 Å². The van der Waals surface area contributed by atoms with Gasteiger partial charge in [0.15, 0.2) is 0 Å². The van der Waals surface area contributed by atoms with Gasteiger partial charge in [-0.2, -0.15) is 5.26 Å². The Kier molecular flexibility index (Phi) is 3.29. The Bertz CT molecular complexity index is 726. The number of benzene rings is 2. The molecule has 0 unspecified atom stereocenters. The molecule has 0 N–H and O–H groups in total. The molecule has 1 saturated heterocycles. The lowest BCUT2D eigenvalue weighted by atomic mass is 9.86. The highest BCUT2D eigenvalue weighted by Gasteiger charge is 2.40. The van der Waals surface area contributed by atoms with Crippen LogP contribution in [0.1, 0.15) is 28.7 Å². The number of hydrogen-bond acceptors (Lipinski definition) is 3.